The second-order valence-corrected chi connectivity index (χ2v) is 4.28. The summed E-state index contributed by atoms with van der Waals surface area (Å²) in [6.07, 6.45) is 1.00. The first-order chi connectivity index (χ1) is 6.56. The van der Waals surface area contributed by atoms with Gasteiger partial charge >= 0.3 is 0 Å². The summed E-state index contributed by atoms with van der Waals surface area (Å²) in [4.78, 5) is 13.9. The average Bonchev–Trinajstić information content (AvgIpc) is 2.23. The van der Waals surface area contributed by atoms with Crippen LogP contribution in [0.4, 0.5) is 0 Å². The number of hydrogen-bond donors (Lipinski definition) is 2. The summed E-state index contributed by atoms with van der Waals surface area (Å²) >= 11 is 0. The number of carbonyl (C=O) groups excluding carboxylic acids is 1. The lowest BCUT2D eigenvalue weighted by Gasteiger charge is -2.30. The minimum absolute atomic E-state index is 0.0752. The molecule has 0 aliphatic carbocycles. The Labute approximate surface area is 85.8 Å². The van der Waals surface area contributed by atoms with Crippen molar-refractivity contribution in [2.24, 2.45) is 5.73 Å². The van der Waals surface area contributed by atoms with Crippen molar-refractivity contribution in [2.45, 2.75) is 45.3 Å². The molecule has 14 heavy (non-hydrogen) atoms. The highest BCUT2D eigenvalue weighted by atomic mass is 16.2. The lowest BCUT2D eigenvalue weighted by molar-refractivity contribution is -0.126. The standard InChI is InChI=1S/C10H21N3O/c1-7(2)13-5-4-8(3)12-10(14)9(13)6-11/h7-9H,4-6,11H2,1-3H3,(H,12,14). The molecule has 0 bridgehead atoms. The highest BCUT2D eigenvalue weighted by molar-refractivity contribution is 5.82. The van der Waals surface area contributed by atoms with Crippen molar-refractivity contribution in [2.75, 3.05) is 13.1 Å². The second kappa shape index (κ2) is 4.75. The predicted octanol–water partition coefficient (Wildman–Crippen LogP) is -0.0675. The van der Waals surface area contributed by atoms with E-state index >= 15 is 0 Å². The third-order valence-electron chi connectivity index (χ3n) is 2.80. The van der Waals surface area contributed by atoms with Gasteiger partial charge in [-0.2, -0.15) is 0 Å². The van der Waals surface area contributed by atoms with Gasteiger partial charge in [0.25, 0.3) is 0 Å². The highest BCUT2D eigenvalue weighted by Crippen LogP contribution is 2.11. The molecule has 1 aliphatic rings. The summed E-state index contributed by atoms with van der Waals surface area (Å²) in [7, 11) is 0. The average molecular weight is 199 g/mol. The normalized spacial score (nSPS) is 30.2. The zero-order chi connectivity index (χ0) is 10.7. The largest absolute Gasteiger partial charge is 0.352 e. The molecule has 82 valence electrons. The van der Waals surface area contributed by atoms with Crippen molar-refractivity contribution in [3.05, 3.63) is 0 Å². The van der Waals surface area contributed by atoms with Crippen LogP contribution in [0.1, 0.15) is 27.2 Å². The predicted molar refractivity (Wildman–Crippen MR) is 56.9 cm³/mol. The highest BCUT2D eigenvalue weighted by Gasteiger charge is 2.30. The Morgan fingerprint density at radius 2 is 2.29 bits per heavy atom. The molecule has 2 unspecified atom stereocenters. The third-order valence-corrected chi connectivity index (χ3v) is 2.80. The first-order valence-electron chi connectivity index (χ1n) is 5.32. The maximum atomic E-state index is 11.7. The number of amides is 1. The van der Waals surface area contributed by atoms with Crippen LogP contribution >= 0.6 is 0 Å². The number of rotatable bonds is 2. The van der Waals surface area contributed by atoms with E-state index in [1.165, 1.54) is 0 Å². The van der Waals surface area contributed by atoms with Gasteiger partial charge in [0.2, 0.25) is 5.91 Å². The van der Waals surface area contributed by atoms with Crippen molar-refractivity contribution in [3.8, 4) is 0 Å². The Morgan fingerprint density at radius 3 is 2.79 bits per heavy atom. The fraction of sp³-hybridized carbons (Fsp3) is 0.900. The van der Waals surface area contributed by atoms with Crippen LogP contribution in [-0.4, -0.2) is 42.0 Å². The number of nitrogens with one attached hydrogen (secondary N) is 1. The van der Waals surface area contributed by atoms with Gasteiger partial charge in [0, 0.05) is 25.2 Å². The molecule has 1 saturated heterocycles. The molecule has 0 aromatic heterocycles. The molecule has 1 rings (SSSR count). The zero-order valence-corrected chi connectivity index (χ0v) is 9.29. The van der Waals surface area contributed by atoms with E-state index < -0.39 is 0 Å². The van der Waals surface area contributed by atoms with Gasteiger partial charge < -0.3 is 11.1 Å². The van der Waals surface area contributed by atoms with Crippen LogP contribution in [-0.2, 0) is 4.79 Å². The monoisotopic (exact) mass is 199 g/mol. The maximum absolute atomic E-state index is 11.7. The molecule has 2 atom stereocenters. The quantitative estimate of drug-likeness (QED) is 0.654. The van der Waals surface area contributed by atoms with E-state index in [0.29, 0.717) is 12.6 Å². The van der Waals surface area contributed by atoms with Crippen LogP contribution in [0, 0.1) is 0 Å². The van der Waals surface area contributed by atoms with Crippen molar-refractivity contribution in [1.29, 1.82) is 0 Å². The molecular formula is C10H21N3O. The molecule has 0 radical (unpaired) electrons. The van der Waals surface area contributed by atoms with Crippen LogP contribution < -0.4 is 11.1 Å². The van der Waals surface area contributed by atoms with Gasteiger partial charge in [0.05, 0.1) is 0 Å². The van der Waals surface area contributed by atoms with E-state index in [1.807, 2.05) is 6.92 Å². The molecule has 0 aromatic carbocycles. The minimum atomic E-state index is -0.153. The van der Waals surface area contributed by atoms with Crippen LogP contribution in [0.15, 0.2) is 0 Å². The summed E-state index contributed by atoms with van der Waals surface area (Å²) < 4.78 is 0. The van der Waals surface area contributed by atoms with Gasteiger partial charge in [-0.1, -0.05) is 0 Å². The number of carbonyl (C=O) groups is 1. The lowest BCUT2D eigenvalue weighted by atomic mass is 10.2. The first kappa shape index (κ1) is 11.5. The van der Waals surface area contributed by atoms with E-state index in [9.17, 15) is 4.79 Å². The summed E-state index contributed by atoms with van der Waals surface area (Å²) in [6, 6.07) is 0.486. The molecule has 0 saturated carbocycles. The smallest absolute Gasteiger partial charge is 0.238 e. The van der Waals surface area contributed by atoms with Gasteiger partial charge in [-0.05, 0) is 27.2 Å². The zero-order valence-electron chi connectivity index (χ0n) is 9.29. The summed E-state index contributed by atoms with van der Waals surface area (Å²) in [5.41, 5.74) is 5.63. The topological polar surface area (TPSA) is 58.4 Å². The number of nitrogens with zero attached hydrogens (tertiary/aromatic N) is 1. The Morgan fingerprint density at radius 1 is 1.64 bits per heavy atom. The van der Waals surface area contributed by atoms with Gasteiger partial charge in [-0.15, -0.1) is 0 Å². The molecule has 1 heterocycles. The van der Waals surface area contributed by atoms with Crippen molar-refractivity contribution < 1.29 is 4.79 Å². The molecule has 4 nitrogen and oxygen atoms in total. The van der Waals surface area contributed by atoms with Crippen LogP contribution in [0.3, 0.4) is 0 Å². The maximum Gasteiger partial charge on any atom is 0.238 e. The van der Waals surface area contributed by atoms with Crippen LogP contribution in [0.5, 0.6) is 0 Å². The summed E-state index contributed by atoms with van der Waals surface area (Å²) in [6.45, 7) is 7.59. The van der Waals surface area contributed by atoms with Crippen molar-refractivity contribution in [3.63, 3.8) is 0 Å². The molecule has 3 N–H and O–H groups in total. The molecule has 1 fully saturated rings. The SMILES string of the molecule is CC1CCN(C(C)C)C(CN)C(=O)N1. The summed E-state index contributed by atoms with van der Waals surface area (Å²) in [5, 5.41) is 2.97. The fourth-order valence-corrected chi connectivity index (χ4v) is 1.92. The molecule has 1 aliphatic heterocycles. The Bertz CT molecular complexity index is 206. The van der Waals surface area contributed by atoms with Crippen LogP contribution in [0.2, 0.25) is 0 Å². The fourth-order valence-electron chi connectivity index (χ4n) is 1.92. The van der Waals surface area contributed by atoms with E-state index in [-0.39, 0.29) is 18.0 Å². The Balaban J connectivity index is 2.76. The van der Waals surface area contributed by atoms with Gasteiger partial charge in [-0.25, -0.2) is 0 Å². The first-order valence-corrected chi connectivity index (χ1v) is 5.32. The molecule has 0 spiro atoms. The molecule has 4 heteroatoms. The molecule has 1 amide bonds. The number of hydrogen-bond acceptors (Lipinski definition) is 3. The minimum Gasteiger partial charge on any atom is -0.352 e. The van der Waals surface area contributed by atoms with Gasteiger partial charge in [0.15, 0.2) is 0 Å². The lowest BCUT2D eigenvalue weighted by Crippen LogP contribution is -2.51. The van der Waals surface area contributed by atoms with Gasteiger partial charge in [0.1, 0.15) is 6.04 Å². The Kier molecular flexibility index (Phi) is 3.89. The molecular weight excluding hydrogens is 178 g/mol. The van der Waals surface area contributed by atoms with E-state index in [1.54, 1.807) is 0 Å². The van der Waals surface area contributed by atoms with Crippen LogP contribution in [0.25, 0.3) is 0 Å². The number of nitrogens with two attached hydrogens (primary N) is 1. The third kappa shape index (κ3) is 2.45. The van der Waals surface area contributed by atoms with E-state index in [4.69, 9.17) is 5.73 Å². The second-order valence-electron chi connectivity index (χ2n) is 4.28. The van der Waals surface area contributed by atoms with Crippen molar-refractivity contribution >= 4 is 5.91 Å². The van der Waals surface area contributed by atoms with E-state index in [0.717, 1.165) is 13.0 Å². The molecule has 0 aromatic rings. The van der Waals surface area contributed by atoms with Gasteiger partial charge in [-0.3, -0.25) is 9.69 Å². The Hall–Kier alpha value is -0.610. The summed E-state index contributed by atoms with van der Waals surface area (Å²) in [5.74, 6) is 0.0752. The van der Waals surface area contributed by atoms with Crippen molar-refractivity contribution in [1.82, 2.24) is 10.2 Å². The van der Waals surface area contributed by atoms with E-state index in [2.05, 4.69) is 24.1 Å².